The third-order valence-corrected chi connectivity index (χ3v) is 12.4. The number of rotatable bonds is 8. The van der Waals surface area contributed by atoms with E-state index in [2.05, 4.69) is 44.3 Å². The van der Waals surface area contributed by atoms with E-state index in [1.54, 1.807) is 6.20 Å². The van der Waals surface area contributed by atoms with Crippen LogP contribution in [0.4, 0.5) is 10.5 Å². The molecule has 1 saturated carbocycles. The summed E-state index contributed by atoms with van der Waals surface area (Å²) in [5.41, 5.74) is 0.844. The number of hydrogen-bond donors (Lipinski definition) is 2. The minimum atomic E-state index is -2.08. The number of halogens is 1. The number of ether oxygens (including phenoxy) is 2. The van der Waals surface area contributed by atoms with E-state index in [0.717, 1.165) is 44.6 Å². The molecule has 216 valence electrons. The third-order valence-electron chi connectivity index (χ3n) is 7.46. The van der Waals surface area contributed by atoms with Crippen LogP contribution < -0.4 is 72.1 Å². The van der Waals surface area contributed by atoms with Gasteiger partial charge in [-0.25, -0.2) is 0 Å². The smallest absolute Gasteiger partial charge is 0.565 e. The number of aromatic nitrogens is 2. The van der Waals surface area contributed by atoms with Crippen molar-refractivity contribution in [2.75, 3.05) is 25.1 Å². The fourth-order valence-corrected chi connectivity index (χ4v) is 5.70. The van der Waals surface area contributed by atoms with E-state index >= 15 is 0 Å². The largest absolute Gasteiger partial charge is 1.00 e. The molecule has 0 amide bonds. The molecule has 2 fully saturated rings. The van der Waals surface area contributed by atoms with Gasteiger partial charge in [0.25, 0.3) is 5.56 Å². The molecule has 13 heteroatoms. The fraction of sp³-hybridized carbons (Fsp3) is 0.593. The van der Waals surface area contributed by atoms with Crippen molar-refractivity contribution < 1.29 is 80.3 Å². The van der Waals surface area contributed by atoms with Crippen molar-refractivity contribution >= 4 is 31.8 Å². The van der Waals surface area contributed by atoms with Gasteiger partial charge in [0.15, 0.2) is 8.32 Å². The summed E-state index contributed by atoms with van der Waals surface area (Å²) in [7, 11) is -1.75. The second kappa shape index (κ2) is 15.5. The molecule has 2 N–H and O–H groups in total. The molecule has 0 bridgehead atoms. The average molecular weight is 620 g/mol. The minimum absolute atomic E-state index is 0. The molecule has 1 saturated heterocycles. The molecule has 10 nitrogen and oxygen atoms in total. The summed E-state index contributed by atoms with van der Waals surface area (Å²) in [4.78, 5) is 21.3. The Morgan fingerprint density at radius 1 is 1.25 bits per heavy atom. The molecule has 1 aromatic carbocycles. The molecule has 0 spiro atoms. The van der Waals surface area contributed by atoms with Crippen LogP contribution in [-0.4, -0.2) is 61.3 Å². The predicted molar refractivity (Wildman–Crippen MR) is 151 cm³/mol. The van der Waals surface area contributed by atoms with Gasteiger partial charge in [0.05, 0.1) is 30.3 Å². The number of hydrogen-bond acceptors (Lipinski definition) is 8. The molecule has 2 aromatic rings. The molecule has 0 radical (unpaired) electrons. The van der Waals surface area contributed by atoms with Gasteiger partial charge >= 0.3 is 51.4 Å². The average Bonchev–Trinajstić information content (AvgIpc) is 2.84. The maximum Gasteiger partial charge on any atom is 1.00 e. The van der Waals surface area contributed by atoms with Crippen LogP contribution in [0.5, 0.6) is 5.75 Å². The van der Waals surface area contributed by atoms with Gasteiger partial charge in [-0.05, 0) is 61.2 Å². The molecule has 0 unspecified atom stereocenters. The normalized spacial score (nSPS) is 20.7. The van der Waals surface area contributed by atoms with Crippen LogP contribution in [0.15, 0.2) is 35.3 Å². The van der Waals surface area contributed by atoms with Crippen LogP contribution in [0.2, 0.25) is 23.2 Å². The van der Waals surface area contributed by atoms with Crippen LogP contribution in [0, 0.1) is 5.92 Å². The molecule has 1 aromatic heterocycles. The van der Waals surface area contributed by atoms with Gasteiger partial charge in [-0.2, -0.15) is 9.78 Å². The third kappa shape index (κ3) is 10.1. The van der Waals surface area contributed by atoms with E-state index in [1.807, 2.05) is 24.3 Å². The van der Waals surface area contributed by atoms with Gasteiger partial charge in [0.2, 0.25) is 6.16 Å². The van der Waals surface area contributed by atoms with Crippen molar-refractivity contribution in [1.29, 1.82) is 0 Å². The second-order valence-corrected chi connectivity index (χ2v) is 16.7. The van der Waals surface area contributed by atoms with Gasteiger partial charge in [-0.1, -0.05) is 32.4 Å². The quantitative estimate of drug-likeness (QED) is 0.422. The molecule has 1 aliphatic carbocycles. The van der Waals surface area contributed by atoms with E-state index in [0.29, 0.717) is 23.8 Å². The fourth-order valence-electron chi connectivity index (χ4n) is 4.12. The summed E-state index contributed by atoms with van der Waals surface area (Å²) in [5, 5.41) is 23.2. The molecular weight excluding hydrogens is 581 g/mol. The summed E-state index contributed by atoms with van der Waals surface area (Å²) in [6.45, 7) is 13.6. The maximum atomic E-state index is 12.8. The van der Waals surface area contributed by atoms with Gasteiger partial charge in [-0.15, -0.1) is 0 Å². The number of nitrogens with zero attached hydrogens (tertiary/aromatic N) is 2. The Kier molecular flexibility index (Phi) is 13.6. The Hall–Kier alpha value is -0.967. The Morgan fingerprint density at radius 2 is 1.88 bits per heavy atom. The van der Waals surface area contributed by atoms with Crippen molar-refractivity contribution in [2.45, 2.75) is 76.8 Å². The second-order valence-electron chi connectivity index (χ2n) is 11.5. The molecular formula is C27H39ClKN3O7Si. The molecule has 2 heterocycles. The van der Waals surface area contributed by atoms with Crippen molar-refractivity contribution in [2.24, 2.45) is 5.92 Å². The molecule has 2 aliphatic rings. The van der Waals surface area contributed by atoms with Crippen molar-refractivity contribution in [1.82, 2.24) is 9.78 Å². The van der Waals surface area contributed by atoms with E-state index in [9.17, 15) is 4.79 Å². The van der Waals surface area contributed by atoms with E-state index in [-0.39, 0.29) is 79.2 Å². The van der Waals surface area contributed by atoms with Gasteiger partial charge in [-0.3, -0.25) is 4.79 Å². The Morgan fingerprint density at radius 3 is 2.42 bits per heavy atom. The van der Waals surface area contributed by atoms with Gasteiger partial charge < -0.3 is 34.2 Å². The topological polar surface area (TPSA) is 135 Å². The zero-order chi connectivity index (χ0) is 28.8. The van der Waals surface area contributed by atoms with Crippen LogP contribution in [0.3, 0.4) is 0 Å². The molecule has 40 heavy (non-hydrogen) atoms. The summed E-state index contributed by atoms with van der Waals surface area (Å²) >= 11 is 6.38. The Balaban J connectivity index is 0.00000105. The standard InChI is InChI=1S/C26H38ClN3O4Si.CH2O3.K/c1-26(2,3)35(4,5)34-22-13-21(14-22)33-20-10-8-19(9-11-20)30-25(31)24(27)23(16-29-30)28-15-18-7-6-12-32-17-18;2-1(3)4;/h8-11,16,18,21-22,28H,6-7,12-15,17H2,1-5H3;(H2,2,3,4);/q;;+1/p-1/t18-,21?,22?;;/m1../s1. The molecule has 1 atom stereocenters. The number of benzene rings is 1. The maximum absolute atomic E-state index is 12.8. The molecule has 4 rings (SSSR count). The Bertz CT molecular complexity index is 1160. The van der Waals surface area contributed by atoms with Crippen molar-refractivity contribution in [3.63, 3.8) is 0 Å². The zero-order valence-corrected chi connectivity index (χ0v) is 29.1. The summed E-state index contributed by atoms with van der Waals surface area (Å²) in [6.07, 6.45) is 3.95. The number of carbonyl (C=O) groups is 1. The first kappa shape index (κ1) is 35.2. The van der Waals surface area contributed by atoms with Crippen LogP contribution in [0.25, 0.3) is 5.69 Å². The first-order valence-electron chi connectivity index (χ1n) is 13.2. The van der Waals surface area contributed by atoms with Crippen LogP contribution in [0.1, 0.15) is 46.5 Å². The first-order valence-corrected chi connectivity index (χ1v) is 16.5. The zero-order valence-electron chi connectivity index (χ0n) is 24.2. The van der Waals surface area contributed by atoms with E-state index < -0.39 is 14.5 Å². The number of carboxylic acid groups (broad SMARTS) is 2. The first-order chi connectivity index (χ1) is 18.3. The minimum Gasteiger partial charge on any atom is -0.565 e. The monoisotopic (exact) mass is 619 g/mol. The number of anilines is 1. The number of nitrogens with one attached hydrogen (secondary N) is 1. The van der Waals surface area contributed by atoms with Crippen molar-refractivity contribution in [3.05, 3.63) is 45.8 Å². The van der Waals surface area contributed by atoms with E-state index in [4.69, 9.17) is 40.5 Å². The van der Waals surface area contributed by atoms with Crippen LogP contribution >= 0.6 is 11.6 Å². The summed E-state index contributed by atoms with van der Waals surface area (Å²) < 4.78 is 19.4. The summed E-state index contributed by atoms with van der Waals surface area (Å²) in [6, 6.07) is 7.40. The predicted octanol–water partition coefficient (Wildman–Crippen LogP) is 1.55. The molecule has 1 aliphatic heterocycles. The SMILES string of the molecule is CC(C)(C)[Si](C)(C)OC1CC(Oc2ccc(-n3ncc(NC[C@H]4CCCOC4)c(Cl)c3=O)cc2)C1.O=C([O-])O.[K+]. The van der Waals surface area contributed by atoms with Gasteiger partial charge in [0.1, 0.15) is 16.9 Å². The van der Waals surface area contributed by atoms with Gasteiger partial charge in [0, 0.05) is 26.0 Å². The van der Waals surface area contributed by atoms with Crippen LogP contribution in [-0.2, 0) is 9.16 Å². The van der Waals surface area contributed by atoms with E-state index in [1.165, 1.54) is 4.68 Å². The summed E-state index contributed by atoms with van der Waals surface area (Å²) in [5.74, 6) is 1.19. The Labute approximate surface area is 284 Å². The van der Waals surface area contributed by atoms with Crippen molar-refractivity contribution in [3.8, 4) is 11.4 Å².